The smallest absolute Gasteiger partial charge is 0.140 e. The number of benzene rings is 2. The summed E-state index contributed by atoms with van der Waals surface area (Å²) >= 11 is 0. The highest BCUT2D eigenvalue weighted by Crippen LogP contribution is 2.39. The maximum Gasteiger partial charge on any atom is 0.140 e. The van der Waals surface area contributed by atoms with Crippen LogP contribution in [0.4, 0.5) is 0 Å². The molecule has 24 heavy (non-hydrogen) atoms. The van der Waals surface area contributed by atoms with Gasteiger partial charge in [-0.25, -0.2) is 0 Å². The molecule has 0 aliphatic heterocycles. The van der Waals surface area contributed by atoms with E-state index in [9.17, 15) is 10.4 Å². The maximum absolute atomic E-state index is 9.51. The van der Waals surface area contributed by atoms with Crippen molar-refractivity contribution in [3.05, 3.63) is 46.5 Å². The maximum atomic E-state index is 9.51. The molecule has 0 aromatic heterocycles. The van der Waals surface area contributed by atoms with E-state index in [1.54, 1.807) is 0 Å². The van der Waals surface area contributed by atoms with Crippen molar-refractivity contribution in [3.63, 3.8) is 0 Å². The molecular weight excluding hydrogens is 300 g/mol. The monoisotopic (exact) mass is 324 g/mol. The Hall–Kier alpha value is -2.36. The van der Waals surface area contributed by atoms with Gasteiger partial charge in [-0.05, 0) is 39.5 Å². The second kappa shape index (κ2) is 5.07. The molecule has 2 N–H and O–H groups in total. The van der Waals surface area contributed by atoms with E-state index in [4.69, 9.17) is 0 Å². The highest BCUT2D eigenvalue weighted by molar-refractivity contribution is 6.60. The zero-order valence-electron chi connectivity index (χ0n) is 15.1. The first-order valence-electron chi connectivity index (χ1n) is 8.16. The largest absolute Gasteiger partial charge is 0.410 e. The average molecular weight is 324 g/mol. The molecule has 3 rings (SSSR count). The summed E-state index contributed by atoms with van der Waals surface area (Å²) in [4.78, 5) is 0. The Morgan fingerprint density at radius 2 is 1.04 bits per heavy atom. The van der Waals surface area contributed by atoms with Gasteiger partial charge in [0, 0.05) is 16.5 Å². The van der Waals surface area contributed by atoms with Gasteiger partial charge in [0.1, 0.15) is 11.4 Å². The van der Waals surface area contributed by atoms with E-state index < -0.39 is 0 Å². The minimum absolute atomic E-state index is 0.0394. The van der Waals surface area contributed by atoms with E-state index in [1.807, 2.05) is 12.1 Å². The molecule has 1 aliphatic carbocycles. The van der Waals surface area contributed by atoms with Gasteiger partial charge in [0.05, 0.1) is 0 Å². The van der Waals surface area contributed by atoms with Crippen LogP contribution in [0.3, 0.4) is 0 Å². The van der Waals surface area contributed by atoms with E-state index >= 15 is 0 Å². The summed E-state index contributed by atoms with van der Waals surface area (Å²) in [5.41, 5.74) is 4.53. The number of hydrogen-bond acceptors (Lipinski definition) is 4. The molecule has 2 aromatic carbocycles. The van der Waals surface area contributed by atoms with Crippen molar-refractivity contribution in [2.24, 2.45) is 10.3 Å². The van der Waals surface area contributed by atoms with Crippen molar-refractivity contribution in [2.75, 3.05) is 0 Å². The van der Waals surface area contributed by atoms with Crippen LogP contribution >= 0.6 is 0 Å². The molecule has 4 heteroatoms. The van der Waals surface area contributed by atoms with Crippen LogP contribution in [-0.2, 0) is 10.8 Å². The Kier molecular flexibility index (Phi) is 3.48. The molecule has 126 valence electrons. The van der Waals surface area contributed by atoms with Crippen LogP contribution in [0.15, 0.2) is 34.6 Å². The standard InChI is InChI=1S/C20H24N2O2/c1-19(2,3)12-7-11-8-13(20(4,5)6)10-15-16(11)14(9-12)17(21-23)18(15)22-24/h7-10,23-24H,1-6H3/b21-17-,22-18+. The zero-order chi connectivity index (χ0) is 17.9. The van der Waals surface area contributed by atoms with Gasteiger partial charge in [-0.1, -0.05) is 64.0 Å². The Labute approximate surface area is 142 Å². The highest BCUT2D eigenvalue weighted by atomic mass is 16.4. The minimum Gasteiger partial charge on any atom is -0.410 e. The van der Waals surface area contributed by atoms with E-state index in [1.165, 1.54) is 0 Å². The third-order valence-electron chi connectivity index (χ3n) is 4.72. The zero-order valence-corrected chi connectivity index (χ0v) is 15.1. The molecule has 0 fully saturated rings. The van der Waals surface area contributed by atoms with Gasteiger partial charge in [0.2, 0.25) is 0 Å². The summed E-state index contributed by atoms with van der Waals surface area (Å²) in [7, 11) is 0. The fourth-order valence-corrected chi connectivity index (χ4v) is 3.21. The summed E-state index contributed by atoms with van der Waals surface area (Å²) in [6.45, 7) is 12.9. The first-order chi connectivity index (χ1) is 11.1. The molecule has 0 saturated carbocycles. The van der Waals surface area contributed by atoms with Gasteiger partial charge in [-0.2, -0.15) is 0 Å². The Balaban J connectivity index is 2.48. The van der Waals surface area contributed by atoms with Gasteiger partial charge in [0.15, 0.2) is 0 Å². The molecular formula is C20H24N2O2. The summed E-state index contributed by atoms with van der Waals surface area (Å²) in [5, 5.41) is 27.9. The Morgan fingerprint density at radius 1 is 0.667 bits per heavy atom. The number of nitrogens with zero attached hydrogens (tertiary/aromatic N) is 2. The topological polar surface area (TPSA) is 65.2 Å². The van der Waals surface area contributed by atoms with Crippen molar-refractivity contribution in [1.82, 2.24) is 0 Å². The van der Waals surface area contributed by atoms with Gasteiger partial charge in [-0.3, -0.25) is 0 Å². The second-order valence-corrected chi connectivity index (χ2v) is 8.54. The molecule has 0 radical (unpaired) electrons. The second-order valence-electron chi connectivity index (χ2n) is 8.54. The third-order valence-corrected chi connectivity index (χ3v) is 4.72. The van der Waals surface area contributed by atoms with Crippen LogP contribution < -0.4 is 0 Å². The lowest BCUT2D eigenvalue weighted by atomic mass is 9.82. The normalized spacial score (nSPS) is 18.1. The fourth-order valence-electron chi connectivity index (χ4n) is 3.21. The third kappa shape index (κ3) is 2.37. The molecule has 0 bridgehead atoms. The number of rotatable bonds is 0. The first-order valence-corrected chi connectivity index (χ1v) is 8.16. The first kappa shape index (κ1) is 16.5. The van der Waals surface area contributed by atoms with E-state index in [0.29, 0.717) is 11.4 Å². The van der Waals surface area contributed by atoms with Crippen molar-refractivity contribution in [3.8, 4) is 0 Å². The molecule has 0 heterocycles. The number of oxime groups is 2. The predicted octanol–water partition coefficient (Wildman–Crippen LogP) is 4.81. The Bertz CT molecular complexity index is 824. The Morgan fingerprint density at radius 3 is 1.33 bits per heavy atom. The van der Waals surface area contributed by atoms with Crippen LogP contribution in [-0.4, -0.2) is 21.8 Å². The summed E-state index contributed by atoms with van der Waals surface area (Å²) < 4.78 is 0. The van der Waals surface area contributed by atoms with Crippen LogP contribution in [0, 0.1) is 0 Å². The van der Waals surface area contributed by atoms with Crippen molar-refractivity contribution in [1.29, 1.82) is 0 Å². The summed E-state index contributed by atoms with van der Waals surface area (Å²) in [5.74, 6) is 0. The number of hydrogen-bond donors (Lipinski definition) is 2. The summed E-state index contributed by atoms with van der Waals surface area (Å²) in [6.07, 6.45) is 0. The molecule has 0 spiro atoms. The predicted molar refractivity (Wildman–Crippen MR) is 98.0 cm³/mol. The lowest BCUT2D eigenvalue weighted by molar-refractivity contribution is 0.315. The van der Waals surface area contributed by atoms with E-state index in [0.717, 1.165) is 33.0 Å². The van der Waals surface area contributed by atoms with Crippen LogP contribution in [0.2, 0.25) is 0 Å². The van der Waals surface area contributed by atoms with Crippen molar-refractivity contribution in [2.45, 2.75) is 52.4 Å². The molecule has 1 aliphatic rings. The molecule has 4 nitrogen and oxygen atoms in total. The van der Waals surface area contributed by atoms with E-state index in [2.05, 4.69) is 64.0 Å². The van der Waals surface area contributed by atoms with Gasteiger partial charge in [0.25, 0.3) is 0 Å². The molecule has 0 atom stereocenters. The average Bonchev–Trinajstić information content (AvgIpc) is 2.79. The quantitative estimate of drug-likeness (QED) is 0.540. The van der Waals surface area contributed by atoms with Crippen LogP contribution in [0.1, 0.15) is 63.8 Å². The van der Waals surface area contributed by atoms with Gasteiger partial charge in [-0.15, -0.1) is 0 Å². The van der Waals surface area contributed by atoms with Crippen LogP contribution in [0.5, 0.6) is 0 Å². The summed E-state index contributed by atoms with van der Waals surface area (Å²) in [6, 6.07) is 8.45. The van der Waals surface area contributed by atoms with Crippen molar-refractivity contribution < 1.29 is 10.4 Å². The van der Waals surface area contributed by atoms with Gasteiger partial charge >= 0.3 is 0 Å². The molecule has 0 amide bonds. The highest BCUT2D eigenvalue weighted by Gasteiger charge is 2.32. The molecule has 2 aromatic rings. The molecule has 0 unspecified atom stereocenters. The minimum atomic E-state index is -0.0394. The molecule has 0 saturated heterocycles. The lowest BCUT2D eigenvalue weighted by Crippen LogP contribution is -2.14. The van der Waals surface area contributed by atoms with E-state index in [-0.39, 0.29) is 10.8 Å². The van der Waals surface area contributed by atoms with Crippen LogP contribution in [0.25, 0.3) is 10.8 Å². The fraction of sp³-hybridized carbons (Fsp3) is 0.400. The SMILES string of the molecule is CC(C)(C)c1cc2c3c(cc(C(C)(C)C)cc3c1)C(=N\O)/C2=N\O. The lowest BCUT2D eigenvalue weighted by Gasteiger charge is -2.23. The van der Waals surface area contributed by atoms with Crippen molar-refractivity contribution >= 4 is 22.2 Å². The van der Waals surface area contributed by atoms with Gasteiger partial charge < -0.3 is 10.4 Å².